The van der Waals surface area contributed by atoms with Gasteiger partial charge in [0.2, 0.25) is 5.75 Å². The molecular formula is C24H28N2O6. The molecule has 0 fully saturated rings. The first-order chi connectivity index (χ1) is 15.3. The molecule has 0 aliphatic heterocycles. The lowest BCUT2D eigenvalue weighted by atomic mass is 9.97. The molecule has 1 N–H and O–H groups in total. The molecule has 170 valence electrons. The molecule has 0 saturated carbocycles. The second-order valence-electron chi connectivity index (χ2n) is 7.83. The lowest BCUT2D eigenvalue weighted by Gasteiger charge is -2.21. The predicted octanol–water partition coefficient (Wildman–Crippen LogP) is 3.10. The van der Waals surface area contributed by atoms with Crippen molar-refractivity contribution >= 4 is 17.8 Å². The van der Waals surface area contributed by atoms with Gasteiger partial charge in [-0.25, -0.2) is 9.78 Å². The van der Waals surface area contributed by atoms with Crippen LogP contribution in [0.25, 0.3) is 0 Å². The van der Waals surface area contributed by atoms with Crippen LogP contribution >= 0.6 is 0 Å². The first-order valence-corrected chi connectivity index (χ1v) is 10.6. The van der Waals surface area contributed by atoms with E-state index in [9.17, 15) is 14.4 Å². The molecule has 2 aromatic rings. The van der Waals surface area contributed by atoms with E-state index in [1.807, 2.05) is 32.0 Å². The van der Waals surface area contributed by atoms with Gasteiger partial charge in [-0.15, -0.1) is 0 Å². The summed E-state index contributed by atoms with van der Waals surface area (Å²) in [6.07, 6.45) is 1.82. The molecule has 1 amide bonds. The number of pyridine rings is 1. The fourth-order valence-electron chi connectivity index (χ4n) is 3.91. The van der Waals surface area contributed by atoms with Crippen molar-refractivity contribution in [2.24, 2.45) is 0 Å². The number of amides is 1. The van der Waals surface area contributed by atoms with Crippen molar-refractivity contribution in [2.75, 3.05) is 7.11 Å². The van der Waals surface area contributed by atoms with Crippen LogP contribution in [0.15, 0.2) is 30.5 Å². The van der Waals surface area contributed by atoms with Crippen LogP contribution in [0.3, 0.4) is 0 Å². The Morgan fingerprint density at radius 2 is 2.00 bits per heavy atom. The number of nitrogens with zero attached hydrogens (tertiary/aromatic N) is 1. The van der Waals surface area contributed by atoms with Crippen molar-refractivity contribution in [3.05, 3.63) is 52.8 Å². The van der Waals surface area contributed by atoms with Crippen molar-refractivity contribution in [1.82, 2.24) is 10.3 Å². The van der Waals surface area contributed by atoms with Gasteiger partial charge >= 0.3 is 11.9 Å². The van der Waals surface area contributed by atoms with Crippen molar-refractivity contribution in [2.45, 2.75) is 58.6 Å². The molecule has 0 radical (unpaired) electrons. The van der Waals surface area contributed by atoms with Crippen LogP contribution in [0.4, 0.5) is 0 Å². The van der Waals surface area contributed by atoms with E-state index in [2.05, 4.69) is 10.3 Å². The minimum atomic E-state index is -0.928. The quantitative estimate of drug-likeness (QED) is 0.660. The predicted molar refractivity (Wildman–Crippen MR) is 117 cm³/mol. The zero-order chi connectivity index (χ0) is 23.4. The Bertz CT molecular complexity index is 1040. The summed E-state index contributed by atoms with van der Waals surface area (Å²) in [7, 11) is 1.39. The van der Waals surface area contributed by atoms with Gasteiger partial charge < -0.3 is 19.5 Å². The average molecular weight is 440 g/mol. The second-order valence-corrected chi connectivity index (χ2v) is 7.83. The van der Waals surface area contributed by atoms with Crippen LogP contribution in [0, 0.1) is 6.92 Å². The molecule has 0 saturated heterocycles. The summed E-state index contributed by atoms with van der Waals surface area (Å²) in [5.74, 6) is -1.59. The monoisotopic (exact) mass is 440 g/mol. The third kappa shape index (κ3) is 4.74. The van der Waals surface area contributed by atoms with Crippen LogP contribution in [0.2, 0.25) is 0 Å². The maximum Gasteiger partial charge on any atom is 0.328 e. The molecule has 1 aromatic heterocycles. The fraction of sp³-hybridized carbons (Fsp3) is 0.417. The average Bonchev–Trinajstić information content (AvgIpc) is 3.09. The van der Waals surface area contributed by atoms with Crippen LogP contribution in [0.5, 0.6) is 11.5 Å². The number of aromatic nitrogens is 1. The summed E-state index contributed by atoms with van der Waals surface area (Å²) < 4.78 is 16.2. The number of hydrogen-bond donors (Lipinski definition) is 1. The summed E-state index contributed by atoms with van der Waals surface area (Å²) in [6, 6.07) is 6.64. The number of ether oxygens (including phenoxy) is 3. The topological polar surface area (TPSA) is 104 Å². The summed E-state index contributed by atoms with van der Waals surface area (Å²) in [4.78, 5) is 41.3. The number of carbonyl (C=O) groups excluding carboxylic acids is 3. The Morgan fingerprint density at radius 3 is 2.66 bits per heavy atom. The van der Waals surface area contributed by atoms with E-state index in [1.165, 1.54) is 43.0 Å². The van der Waals surface area contributed by atoms with E-state index in [0.717, 1.165) is 0 Å². The Kier molecular flexibility index (Phi) is 7.12. The molecule has 3 rings (SSSR count). The first kappa shape index (κ1) is 23.2. The normalized spacial score (nSPS) is 17.8. The smallest absolute Gasteiger partial charge is 0.328 e. The number of esters is 2. The highest BCUT2D eigenvalue weighted by atomic mass is 16.6. The van der Waals surface area contributed by atoms with Gasteiger partial charge in [0.1, 0.15) is 12.1 Å². The second kappa shape index (κ2) is 9.80. The minimum absolute atomic E-state index is 0.0677. The summed E-state index contributed by atoms with van der Waals surface area (Å²) in [6.45, 7) is 7.25. The molecule has 1 aliphatic rings. The third-order valence-electron chi connectivity index (χ3n) is 5.63. The number of rotatable bonds is 7. The Hall–Kier alpha value is -3.42. The molecule has 3 atom stereocenters. The van der Waals surface area contributed by atoms with Crippen molar-refractivity contribution in [3.63, 3.8) is 0 Å². The lowest BCUT2D eigenvalue weighted by molar-refractivity contribution is -0.151. The van der Waals surface area contributed by atoms with Gasteiger partial charge in [-0.2, -0.15) is 0 Å². The van der Waals surface area contributed by atoms with Gasteiger partial charge in [0.05, 0.1) is 7.11 Å². The van der Waals surface area contributed by atoms with E-state index < -0.39 is 23.9 Å². The number of methoxy groups -OCH3 is 1. The van der Waals surface area contributed by atoms with Crippen LogP contribution in [-0.2, 0) is 20.7 Å². The van der Waals surface area contributed by atoms with Crippen molar-refractivity contribution < 1.29 is 28.6 Å². The van der Waals surface area contributed by atoms with Crippen molar-refractivity contribution in [3.8, 4) is 11.5 Å². The maximum atomic E-state index is 12.8. The zero-order valence-corrected chi connectivity index (χ0v) is 18.9. The minimum Gasteiger partial charge on any atom is -0.493 e. The maximum absolute atomic E-state index is 12.8. The fourth-order valence-corrected chi connectivity index (χ4v) is 3.91. The van der Waals surface area contributed by atoms with Gasteiger partial charge in [-0.3, -0.25) is 9.59 Å². The van der Waals surface area contributed by atoms with Crippen molar-refractivity contribution in [1.29, 1.82) is 0 Å². The summed E-state index contributed by atoms with van der Waals surface area (Å²) >= 11 is 0. The third-order valence-corrected chi connectivity index (χ3v) is 5.63. The number of nitrogens with one attached hydrogen (secondary N) is 1. The Morgan fingerprint density at radius 1 is 1.25 bits per heavy atom. The molecule has 1 heterocycles. The highest BCUT2D eigenvalue weighted by Gasteiger charge is 2.34. The summed E-state index contributed by atoms with van der Waals surface area (Å²) in [5, 5.41) is 2.58. The SMILES string of the molecule is CCC(=O)Oc1c(OC)ccnc1C(=O)N[C@@H](C)C(=O)OC1Cc2cccc(C)c2C1C. The number of fused-ring (bicyclic) bond motifs is 1. The Labute approximate surface area is 187 Å². The Balaban J connectivity index is 1.69. The van der Waals surface area contributed by atoms with Crippen LogP contribution in [-0.4, -0.2) is 42.1 Å². The number of benzene rings is 1. The first-order valence-electron chi connectivity index (χ1n) is 10.6. The van der Waals surface area contributed by atoms with Crippen LogP contribution in [0.1, 0.15) is 60.3 Å². The van der Waals surface area contributed by atoms with Crippen LogP contribution < -0.4 is 14.8 Å². The number of aryl methyl sites for hydroxylation is 1. The van der Waals surface area contributed by atoms with Gasteiger partial charge in [0.15, 0.2) is 11.4 Å². The largest absolute Gasteiger partial charge is 0.493 e. The van der Waals surface area contributed by atoms with Gasteiger partial charge in [0, 0.05) is 31.0 Å². The van der Waals surface area contributed by atoms with Gasteiger partial charge in [-0.1, -0.05) is 32.0 Å². The highest BCUT2D eigenvalue weighted by Crippen LogP contribution is 2.37. The molecular weight excluding hydrogens is 412 g/mol. The molecule has 1 aromatic carbocycles. The van der Waals surface area contributed by atoms with Gasteiger partial charge in [-0.05, 0) is 30.5 Å². The molecule has 1 aliphatic carbocycles. The standard InChI is InChI=1S/C24H28N2O6/c1-6-19(27)32-22-17(30-5)10-11-25-21(22)23(28)26-15(4)24(29)31-18-12-16-9-7-8-13(2)20(16)14(18)3/h7-11,14-15,18H,6,12H2,1-5H3,(H,26,28)/t14?,15-,18?/m0/s1. The van der Waals surface area contributed by atoms with E-state index in [-0.39, 0.29) is 35.6 Å². The zero-order valence-electron chi connectivity index (χ0n) is 18.9. The molecule has 8 heteroatoms. The highest BCUT2D eigenvalue weighted by molar-refractivity contribution is 5.98. The van der Waals surface area contributed by atoms with E-state index in [1.54, 1.807) is 6.92 Å². The summed E-state index contributed by atoms with van der Waals surface area (Å²) in [5.41, 5.74) is 3.41. The van der Waals surface area contributed by atoms with Gasteiger partial charge in [0.25, 0.3) is 5.91 Å². The molecule has 0 bridgehead atoms. The molecule has 2 unspecified atom stereocenters. The number of carbonyl (C=O) groups is 3. The van der Waals surface area contributed by atoms with E-state index in [0.29, 0.717) is 6.42 Å². The van der Waals surface area contributed by atoms with E-state index in [4.69, 9.17) is 14.2 Å². The lowest BCUT2D eigenvalue weighted by Crippen LogP contribution is -2.41. The molecule has 0 spiro atoms. The van der Waals surface area contributed by atoms with E-state index >= 15 is 0 Å². The molecule has 32 heavy (non-hydrogen) atoms. The molecule has 8 nitrogen and oxygen atoms in total. The number of hydrogen-bond acceptors (Lipinski definition) is 7.